The maximum absolute atomic E-state index is 11.9. The summed E-state index contributed by atoms with van der Waals surface area (Å²) >= 11 is 0. The molecule has 62 heavy (non-hydrogen) atoms. The number of unbranched alkanes of at least 4 members (excludes halogenated alkanes) is 6. The van der Waals surface area contributed by atoms with Gasteiger partial charge in [-0.05, 0) is 93.3 Å². The maximum Gasteiger partial charge on any atom is 0.123 e. The number of rotatable bonds is 20. The van der Waals surface area contributed by atoms with Crippen LogP contribution in [0.2, 0.25) is 0 Å². The van der Waals surface area contributed by atoms with E-state index in [-0.39, 0.29) is 26.9 Å². The summed E-state index contributed by atoms with van der Waals surface area (Å²) in [5.41, 5.74) is 12.0. The number of halogens is 1. The van der Waals surface area contributed by atoms with Crippen LogP contribution in [-0.2, 0) is 27.5 Å². The van der Waals surface area contributed by atoms with E-state index in [1.165, 1.54) is 85.8 Å². The van der Waals surface area contributed by atoms with Gasteiger partial charge in [0.1, 0.15) is 11.6 Å². The molecule has 0 fully saturated rings. The molecule has 4 aromatic carbocycles. The first-order valence-corrected chi connectivity index (χ1v) is 21.8. The van der Waals surface area contributed by atoms with Crippen molar-refractivity contribution in [2.24, 2.45) is 0 Å². The van der Waals surface area contributed by atoms with E-state index in [9.17, 15) is 4.39 Å². The molecule has 0 aliphatic carbocycles. The third-order valence-electron chi connectivity index (χ3n) is 8.95. The van der Waals surface area contributed by atoms with E-state index in [2.05, 4.69) is 128 Å². The van der Waals surface area contributed by atoms with E-state index in [0.29, 0.717) is 6.10 Å². The first kappa shape index (κ1) is 58.8. The molecule has 2 N–H and O–H groups in total. The third-order valence-corrected chi connectivity index (χ3v) is 8.95. The van der Waals surface area contributed by atoms with Crippen LogP contribution in [0.15, 0.2) is 189 Å². The van der Waals surface area contributed by atoms with Crippen LogP contribution in [0.25, 0.3) is 0 Å². The van der Waals surface area contributed by atoms with Crippen molar-refractivity contribution in [3.8, 4) is 5.75 Å². The minimum absolute atomic E-state index is 0. The van der Waals surface area contributed by atoms with Crippen LogP contribution >= 0.6 is 0 Å². The predicted octanol–water partition coefficient (Wildman–Crippen LogP) is 17.2. The Morgan fingerprint density at radius 2 is 1.19 bits per heavy atom. The summed E-state index contributed by atoms with van der Waals surface area (Å²) in [5, 5.41) is 6.49. The Hall–Kier alpha value is -5.27. The van der Waals surface area contributed by atoms with Gasteiger partial charge in [-0.25, -0.2) is 4.39 Å². The van der Waals surface area contributed by atoms with Crippen LogP contribution in [0.4, 0.5) is 15.8 Å². The molecule has 0 unspecified atom stereocenters. The zero-order valence-electron chi connectivity index (χ0n) is 39.1. The van der Waals surface area contributed by atoms with Gasteiger partial charge in [-0.2, -0.15) is 0 Å². The van der Waals surface area contributed by atoms with Gasteiger partial charge in [0.2, 0.25) is 0 Å². The fourth-order valence-electron chi connectivity index (χ4n) is 5.53. The number of aryl methyl sites for hydroxylation is 4. The zero-order chi connectivity index (χ0) is 45.5. The van der Waals surface area contributed by atoms with Crippen LogP contribution in [0.1, 0.15) is 101 Å². The summed E-state index contributed by atoms with van der Waals surface area (Å²) in [5.74, 6) is 0.569. The summed E-state index contributed by atoms with van der Waals surface area (Å²) < 4.78 is 18.1. The summed E-state index contributed by atoms with van der Waals surface area (Å²) in [6.07, 6.45) is 24.6. The summed E-state index contributed by atoms with van der Waals surface area (Å²) in [6.45, 7) is 35.0. The number of benzene rings is 4. The molecule has 0 radical (unpaired) electrons. The van der Waals surface area contributed by atoms with Gasteiger partial charge in [-0.1, -0.05) is 150 Å². The third kappa shape index (κ3) is 29.1. The van der Waals surface area contributed by atoms with Crippen molar-refractivity contribution >= 4 is 11.4 Å². The van der Waals surface area contributed by atoms with Crippen molar-refractivity contribution in [2.45, 2.75) is 106 Å². The molecule has 0 aromatic heterocycles. The minimum Gasteiger partial charge on any atom is -0.493 e. The van der Waals surface area contributed by atoms with E-state index in [0.717, 1.165) is 41.2 Å². The first-order chi connectivity index (χ1) is 29.6. The summed E-state index contributed by atoms with van der Waals surface area (Å²) in [7, 11) is 0. The summed E-state index contributed by atoms with van der Waals surface area (Å²) in [4.78, 5) is 0. The molecule has 0 aliphatic heterocycles. The normalized spacial score (nSPS) is 9.94. The van der Waals surface area contributed by atoms with Crippen molar-refractivity contribution in [3.05, 3.63) is 224 Å². The molecule has 334 valence electrons. The van der Waals surface area contributed by atoms with E-state index < -0.39 is 0 Å². The Labute approximate surface area is 392 Å². The molecule has 0 spiro atoms. The van der Waals surface area contributed by atoms with E-state index in [4.69, 9.17) is 4.74 Å². The smallest absolute Gasteiger partial charge is 0.123 e. The second-order valence-corrected chi connectivity index (χ2v) is 14.2. The van der Waals surface area contributed by atoms with Gasteiger partial charge in [-0.15, -0.1) is 68.5 Å². The average Bonchev–Trinajstić information content (AvgIpc) is 3.27. The fourth-order valence-corrected chi connectivity index (χ4v) is 5.53. The summed E-state index contributed by atoms with van der Waals surface area (Å²) in [6, 6.07) is 30.7. The number of hydrogen-bond donors (Lipinski definition) is 2. The van der Waals surface area contributed by atoms with Crippen molar-refractivity contribution in [3.63, 3.8) is 0 Å². The molecule has 0 aliphatic rings. The quantitative estimate of drug-likeness (QED) is 0.0401. The number of ether oxygens (including phenoxy) is 1. The predicted molar refractivity (Wildman–Crippen MR) is 270 cm³/mol. The molecule has 3 nitrogen and oxygen atoms in total. The van der Waals surface area contributed by atoms with Crippen LogP contribution in [0.5, 0.6) is 5.75 Å². The Bertz CT molecular complexity index is 1840. The molecule has 0 saturated carbocycles. The SMILES string of the molecule is C=C/C=C(\C=C)[C-](Oc1ccc(NCCCCCCC)cc1)/C(C=C)=C/C=C.C=C=CNc1ccc(C)cc1.CCCCC.CCc1ccc(C)cc1C.Fc1ccccc1.[W]. The second kappa shape index (κ2) is 39.8. The van der Waals surface area contributed by atoms with Crippen LogP contribution < -0.4 is 15.4 Å². The Morgan fingerprint density at radius 1 is 0.661 bits per heavy atom. The molecule has 5 heteroatoms. The topological polar surface area (TPSA) is 33.3 Å². The van der Waals surface area contributed by atoms with Gasteiger partial charge in [0.15, 0.2) is 0 Å². The molecule has 4 rings (SSSR count). The monoisotopic (exact) mass is 1010 g/mol. The Balaban J connectivity index is 0. The standard InChI is InChI=1S/C26H34NO.C10H11N.C10H14.C6H5F.C5H12.W/c1-6-11-12-13-14-21-27-24-17-19-25(20-18-24)28-26(22(9-4)15-7-2)23(10-5)16-8-3;1-3-8-11-10-6-4-9(2)5-7-10;1-4-10-6-5-8(2)7-9(10)3;7-6-4-2-1-3-5-6;1-3-5-4-2;/h7-10,15-20,27H,2-6,11-14,21H2,1H3;4-8,11H,1H2,2H3;5-7H,4H2,1-3H3;1-5H;3-5H2,1-2H3;/q-1;;;;;/b22-15+,23-16+;;;;;. The van der Waals surface area contributed by atoms with E-state index >= 15 is 0 Å². The van der Waals surface area contributed by atoms with Crippen molar-refractivity contribution < 1.29 is 30.2 Å². The number of anilines is 2. The van der Waals surface area contributed by atoms with Crippen molar-refractivity contribution in [1.82, 2.24) is 0 Å². The van der Waals surface area contributed by atoms with Gasteiger partial charge in [-0.3, -0.25) is 0 Å². The maximum atomic E-state index is 11.9. The van der Waals surface area contributed by atoms with E-state index in [1.807, 2.05) is 48.6 Å². The molecule has 0 bridgehead atoms. The van der Waals surface area contributed by atoms with Crippen LogP contribution in [0, 0.1) is 32.7 Å². The van der Waals surface area contributed by atoms with Crippen molar-refractivity contribution in [1.29, 1.82) is 0 Å². The van der Waals surface area contributed by atoms with Crippen LogP contribution in [0.3, 0.4) is 0 Å². The van der Waals surface area contributed by atoms with Crippen LogP contribution in [-0.4, -0.2) is 6.54 Å². The molecular weight excluding hydrogens is 931 g/mol. The Morgan fingerprint density at radius 3 is 1.63 bits per heavy atom. The molecule has 0 atom stereocenters. The number of nitrogens with one attached hydrogen (secondary N) is 2. The van der Waals surface area contributed by atoms with Gasteiger partial charge < -0.3 is 15.4 Å². The zero-order valence-corrected chi connectivity index (χ0v) is 42.0. The molecular formula is C57H76FN2OW-. The fraction of sp³-hybridized carbons (Fsp3) is 0.298. The van der Waals surface area contributed by atoms with Crippen molar-refractivity contribution in [2.75, 3.05) is 17.2 Å². The number of allylic oxidation sites excluding steroid dienone is 4. The minimum atomic E-state index is -0.178. The largest absolute Gasteiger partial charge is 0.493 e. The van der Waals surface area contributed by atoms with Gasteiger partial charge in [0.25, 0.3) is 0 Å². The van der Waals surface area contributed by atoms with Gasteiger partial charge in [0, 0.05) is 45.2 Å². The van der Waals surface area contributed by atoms with Gasteiger partial charge >= 0.3 is 0 Å². The molecule has 4 aromatic rings. The molecule has 0 saturated heterocycles. The second-order valence-electron chi connectivity index (χ2n) is 14.2. The Kier molecular flexibility index (Phi) is 37.8. The average molecular weight is 1010 g/mol. The number of hydrogen-bond acceptors (Lipinski definition) is 3. The van der Waals surface area contributed by atoms with E-state index in [1.54, 1.807) is 48.7 Å². The first-order valence-electron chi connectivity index (χ1n) is 21.8. The molecule has 0 heterocycles. The van der Waals surface area contributed by atoms with Gasteiger partial charge in [0.05, 0.1) is 6.10 Å². The molecule has 0 amide bonds.